The van der Waals surface area contributed by atoms with Crippen LogP contribution in [0, 0.1) is 0 Å². The minimum absolute atomic E-state index is 0.0309. The first-order chi connectivity index (χ1) is 16.4. The zero-order chi connectivity index (χ0) is 23.6. The number of hydrogen-bond acceptors (Lipinski definition) is 7. The standard InChI is InChI=1S/C23H19F3N6O2/c1-34-12-3-4-13(14(9-12)21-27-7-2-8-28-21)22(33)31-15-5-6-16(31)20-19(15)32(20)18-11-29-17(10-30-18)23(24,25)26/h2-4,7-11,15-16,19-20H,5-6H2,1H3. The van der Waals surface area contributed by atoms with Crippen LogP contribution in [0.25, 0.3) is 11.4 Å². The number of nitrogens with zero attached hydrogens (tertiary/aromatic N) is 6. The van der Waals surface area contributed by atoms with Gasteiger partial charge in [0.1, 0.15) is 11.6 Å². The van der Waals surface area contributed by atoms with Crippen molar-refractivity contribution in [2.24, 2.45) is 0 Å². The number of ether oxygens (including phenoxy) is 1. The van der Waals surface area contributed by atoms with Crippen LogP contribution in [0.3, 0.4) is 0 Å². The Labute approximate surface area is 192 Å². The molecular formula is C23H19F3N6O2. The van der Waals surface area contributed by atoms with Crippen LogP contribution in [-0.2, 0) is 6.18 Å². The second-order valence-electron chi connectivity index (χ2n) is 8.55. The van der Waals surface area contributed by atoms with Crippen molar-refractivity contribution >= 4 is 11.7 Å². The molecule has 5 heterocycles. The van der Waals surface area contributed by atoms with E-state index in [0.717, 1.165) is 19.0 Å². The third kappa shape index (κ3) is 3.10. The monoisotopic (exact) mass is 468 g/mol. The molecule has 174 valence electrons. The molecule has 0 spiro atoms. The predicted molar refractivity (Wildman–Crippen MR) is 114 cm³/mol. The van der Waals surface area contributed by atoms with Crippen LogP contribution in [0.15, 0.2) is 49.1 Å². The summed E-state index contributed by atoms with van der Waals surface area (Å²) >= 11 is 0. The van der Waals surface area contributed by atoms with Gasteiger partial charge in [0, 0.05) is 18.0 Å². The third-order valence-electron chi connectivity index (χ3n) is 6.86. The lowest BCUT2D eigenvalue weighted by Gasteiger charge is -2.29. The topological polar surface area (TPSA) is 84.1 Å². The van der Waals surface area contributed by atoms with Gasteiger partial charge in [-0.2, -0.15) is 13.2 Å². The van der Waals surface area contributed by atoms with Crippen molar-refractivity contribution in [1.82, 2.24) is 24.8 Å². The molecule has 2 aromatic heterocycles. The van der Waals surface area contributed by atoms with Crippen LogP contribution >= 0.6 is 0 Å². The van der Waals surface area contributed by atoms with Gasteiger partial charge in [-0.15, -0.1) is 0 Å². The summed E-state index contributed by atoms with van der Waals surface area (Å²) < 4.78 is 43.8. The number of piperazine rings is 1. The average Bonchev–Trinajstić information content (AvgIpc) is 3.36. The molecule has 0 aliphatic carbocycles. The molecule has 8 nitrogen and oxygen atoms in total. The Balaban J connectivity index is 1.27. The van der Waals surface area contributed by atoms with Crippen LogP contribution in [0.4, 0.5) is 19.0 Å². The second kappa shape index (κ2) is 7.37. The molecule has 34 heavy (non-hydrogen) atoms. The molecule has 1 aromatic carbocycles. The fraction of sp³-hybridized carbons (Fsp3) is 0.348. The van der Waals surface area contributed by atoms with Gasteiger partial charge in [0.25, 0.3) is 5.91 Å². The molecule has 4 atom stereocenters. The van der Waals surface area contributed by atoms with E-state index in [-0.39, 0.29) is 30.1 Å². The molecule has 1 amide bonds. The van der Waals surface area contributed by atoms with E-state index >= 15 is 0 Å². The van der Waals surface area contributed by atoms with E-state index in [2.05, 4.69) is 19.9 Å². The molecular weight excluding hydrogens is 449 g/mol. The van der Waals surface area contributed by atoms with Crippen molar-refractivity contribution in [2.45, 2.75) is 43.2 Å². The van der Waals surface area contributed by atoms with Crippen LogP contribution < -0.4 is 9.64 Å². The van der Waals surface area contributed by atoms with Crippen LogP contribution in [0.2, 0.25) is 0 Å². The first-order valence-electron chi connectivity index (χ1n) is 10.8. The fourth-order valence-corrected chi connectivity index (χ4v) is 5.44. The van der Waals surface area contributed by atoms with Crippen LogP contribution in [0.1, 0.15) is 28.9 Å². The maximum atomic E-state index is 13.7. The molecule has 3 aliphatic heterocycles. The number of carbonyl (C=O) groups is 1. The summed E-state index contributed by atoms with van der Waals surface area (Å²) in [6.07, 6.45) is 2.30. The molecule has 4 unspecified atom stereocenters. The highest BCUT2D eigenvalue weighted by Gasteiger charge is 2.69. The minimum Gasteiger partial charge on any atom is -0.497 e. The number of aromatic nitrogens is 4. The highest BCUT2D eigenvalue weighted by Crippen LogP contribution is 2.54. The number of anilines is 1. The van der Waals surface area contributed by atoms with Gasteiger partial charge in [-0.3, -0.25) is 4.79 Å². The summed E-state index contributed by atoms with van der Waals surface area (Å²) in [6, 6.07) is 6.91. The molecule has 0 saturated carbocycles. The molecule has 3 fully saturated rings. The van der Waals surface area contributed by atoms with E-state index in [1.165, 1.54) is 6.20 Å². The summed E-state index contributed by atoms with van der Waals surface area (Å²) in [5.74, 6) is 1.33. The summed E-state index contributed by atoms with van der Waals surface area (Å²) in [4.78, 5) is 33.8. The minimum atomic E-state index is -4.53. The van der Waals surface area contributed by atoms with Gasteiger partial charge >= 0.3 is 6.18 Å². The van der Waals surface area contributed by atoms with Crippen molar-refractivity contribution < 1.29 is 22.7 Å². The SMILES string of the molecule is COc1ccc(C(=O)N2C3CCC2C2C3N2c2cnc(C(F)(F)F)cn2)c(-c2ncccn2)c1. The van der Waals surface area contributed by atoms with Crippen molar-refractivity contribution in [3.05, 3.63) is 60.3 Å². The van der Waals surface area contributed by atoms with Crippen LogP contribution in [-0.4, -0.2) is 62.0 Å². The van der Waals surface area contributed by atoms with Crippen molar-refractivity contribution in [3.8, 4) is 17.1 Å². The lowest BCUT2D eigenvalue weighted by molar-refractivity contribution is -0.141. The van der Waals surface area contributed by atoms with Gasteiger partial charge < -0.3 is 14.5 Å². The summed E-state index contributed by atoms with van der Waals surface area (Å²) in [7, 11) is 1.55. The molecule has 11 heteroatoms. The Hall–Kier alpha value is -3.76. The van der Waals surface area contributed by atoms with E-state index in [0.29, 0.717) is 28.5 Å². The van der Waals surface area contributed by atoms with E-state index < -0.39 is 11.9 Å². The number of hydrogen-bond donors (Lipinski definition) is 0. The second-order valence-corrected chi connectivity index (χ2v) is 8.55. The quantitative estimate of drug-likeness (QED) is 0.544. The van der Waals surface area contributed by atoms with Gasteiger partial charge in [-0.25, -0.2) is 19.9 Å². The molecule has 2 bridgehead atoms. The summed E-state index contributed by atoms with van der Waals surface area (Å²) in [5, 5.41) is 0. The maximum Gasteiger partial charge on any atom is 0.434 e. The summed E-state index contributed by atoms with van der Waals surface area (Å²) in [5.41, 5.74) is 0.0691. The zero-order valence-electron chi connectivity index (χ0n) is 18.0. The number of alkyl halides is 3. The Morgan fingerprint density at radius 3 is 2.32 bits per heavy atom. The molecule has 3 aromatic rings. The van der Waals surface area contributed by atoms with E-state index in [1.54, 1.807) is 43.8 Å². The maximum absolute atomic E-state index is 13.7. The summed E-state index contributed by atoms with van der Waals surface area (Å²) in [6.45, 7) is 0. The first kappa shape index (κ1) is 20.8. The third-order valence-corrected chi connectivity index (χ3v) is 6.86. The van der Waals surface area contributed by atoms with E-state index in [4.69, 9.17) is 4.74 Å². The first-order valence-corrected chi connectivity index (χ1v) is 10.8. The molecule has 3 saturated heterocycles. The van der Waals surface area contributed by atoms with E-state index in [1.807, 2.05) is 9.80 Å². The van der Waals surface area contributed by atoms with Gasteiger partial charge in [-0.05, 0) is 37.1 Å². The highest BCUT2D eigenvalue weighted by atomic mass is 19.4. The van der Waals surface area contributed by atoms with E-state index in [9.17, 15) is 18.0 Å². The van der Waals surface area contributed by atoms with Crippen molar-refractivity contribution in [1.29, 1.82) is 0 Å². The van der Waals surface area contributed by atoms with Crippen LogP contribution in [0.5, 0.6) is 5.75 Å². The zero-order valence-corrected chi connectivity index (χ0v) is 18.0. The largest absolute Gasteiger partial charge is 0.497 e. The number of rotatable bonds is 4. The lowest BCUT2D eigenvalue weighted by atomic mass is 10.0. The number of fused-ring (bicyclic) bond motifs is 5. The molecule has 6 rings (SSSR count). The molecule has 0 N–H and O–H groups in total. The Morgan fingerprint density at radius 1 is 1.03 bits per heavy atom. The van der Waals surface area contributed by atoms with Crippen molar-refractivity contribution in [2.75, 3.05) is 12.0 Å². The van der Waals surface area contributed by atoms with Gasteiger partial charge in [0.05, 0.1) is 49.2 Å². The predicted octanol–water partition coefficient (Wildman–Crippen LogP) is 3.21. The Kier molecular flexibility index (Phi) is 4.51. The smallest absolute Gasteiger partial charge is 0.434 e. The van der Waals surface area contributed by atoms with Crippen molar-refractivity contribution in [3.63, 3.8) is 0 Å². The van der Waals surface area contributed by atoms with Gasteiger partial charge in [0.2, 0.25) is 0 Å². The molecule has 3 aliphatic rings. The van der Waals surface area contributed by atoms with Gasteiger partial charge in [0.15, 0.2) is 11.5 Å². The number of amides is 1. The number of halogens is 3. The number of carbonyl (C=O) groups excluding carboxylic acids is 1. The van der Waals surface area contributed by atoms with Gasteiger partial charge in [-0.1, -0.05) is 0 Å². The fourth-order valence-electron chi connectivity index (χ4n) is 5.44. The Bertz CT molecular complexity index is 1240. The lowest BCUT2D eigenvalue weighted by Crippen LogP contribution is -2.43. The number of methoxy groups -OCH3 is 1. The highest BCUT2D eigenvalue weighted by molar-refractivity contribution is 6.01. The number of benzene rings is 1. The Morgan fingerprint density at radius 2 is 1.74 bits per heavy atom. The average molecular weight is 468 g/mol. The molecule has 0 radical (unpaired) electrons. The normalized spacial score (nSPS) is 24.8.